The highest BCUT2D eigenvalue weighted by molar-refractivity contribution is 7.20. The summed E-state index contributed by atoms with van der Waals surface area (Å²) in [5.74, 6) is 0.992. The maximum atomic E-state index is 12.9. The number of carbonyl (C=O) groups excluding carboxylic acids is 1. The van der Waals surface area contributed by atoms with Crippen molar-refractivity contribution in [3.05, 3.63) is 16.8 Å². The van der Waals surface area contributed by atoms with Crippen LogP contribution < -0.4 is 10.2 Å². The number of hydrogen-bond donors (Lipinski definition) is 1. The van der Waals surface area contributed by atoms with Crippen molar-refractivity contribution in [2.45, 2.75) is 32.7 Å². The highest BCUT2D eigenvalue weighted by Crippen LogP contribution is 2.35. The second-order valence-electron chi connectivity index (χ2n) is 7.86. The average molecular weight is 403 g/mol. The van der Waals surface area contributed by atoms with Crippen LogP contribution in [-0.4, -0.2) is 84.6 Å². The van der Waals surface area contributed by atoms with Crippen LogP contribution in [0.5, 0.6) is 0 Å². The molecule has 1 amide bonds. The van der Waals surface area contributed by atoms with Gasteiger partial charge in [-0.3, -0.25) is 9.69 Å². The first kappa shape index (κ1) is 19.5. The Morgan fingerprint density at radius 3 is 2.79 bits per heavy atom. The van der Waals surface area contributed by atoms with E-state index in [4.69, 9.17) is 0 Å². The molecule has 1 N–H and O–H groups in total. The van der Waals surface area contributed by atoms with Gasteiger partial charge in [-0.05, 0) is 45.5 Å². The number of aryl methyl sites for hydroxylation is 1. The third kappa shape index (κ3) is 3.73. The normalized spacial score (nSPS) is 21.5. The van der Waals surface area contributed by atoms with Gasteiger partial charge in [-0.15, -0.1) is 11.3 Å². The highest BCUT2D eigenvalue weighted by Gasteiger charge is 2.26. The standard InChI is InChI=1S/C20H30N6OS/c1-4-25-7-5-6-15(25)12-21-19(27)17-14(2)16-18(22-13-23-20(16)28-17)26-10-8-24(3)9-11-26/h13,15H,4-12H2,1-3H3,(H,21,27). The van der Waals surface area contributed by atoms with Gasteiger partial charge >= 0.3 is 0 Å². The Labute approximate surface area is 170 Å². The number of nitrogens with one attached hydrogen (secondary N) is 1. The Kier molecular flexibility index (Phi) is 5.80. The number of hydrogen-bond acceptors (Lipinski definition) is 7. The maximum Gasteiger partial charge on any atom is 0.261 e. The summed E-state index contributed by atoms with van der Waals surface area (Å²) in [5, 5.41) is 4.21. The van der Waals surface area contributed by atoms with Gasteiger partial charge in [0, 0.05) is 38.8 Å². The molecule has 0 aliphatic carbocycles. The molecular formula is C20H30N6OS. The van der Waals surface area contributed by atoms with E-state index in [2.05, 4.69) is 44.0 Å². The van der Waals surface area contributed by atoms with Crippen molar-refractivity contribution in [3.8, 4) is 0 Å². The molecule has 2 saturated heterocycles. The van der Waals surface area contributed by atoms with Crippen LogP contribution >= 0.6 is 11.3 Å². The fourth-order valence-electron chi connectivity index (χ4n) is 4.36. The van der Waals surface area contributed by atoms with Crippen LogP contribution in [-0.2, 0) is 0 Å². The van der Waals surface area contributed by atoms with Gasteiger partial charge < -0.3 is 15.1 Å². The number of amides is 1. The Morgan fingerprint density at radius 2 is 2.04 bits per heavy atom. The number of likely N-dealkylation sites (tertiary alicyclic amines) is 1. The summed E-state index contributed by atoms with van der Waals surface area (Å²) < 4.78 is 0. The molecule has 2 aliphatic heterocycles. The van der Waals surface area contributed by atoms with Crippen molar-refractivity contribution in [3.63, 3.8) is 0 Å². The van der Waals surface area contributed by atoms with E-state index in [0.29, 0.717) is 6.04 Å². The molecule has 2 fully saturated rings. The number of carbonyl (C=O) groups is 1. The number of nitrogens with zero attached hydrogens (tertiary/aromatic N) is 5. The van der Waals surface area contributed by atoms with Crippen molar-refractivity contribution in [2.24, 2.45) is 0 Å². The number of rotatable bonds is 5. The SMILES string of the molecule is CCN1CCCC1CNC(=O)c1sc2ncnc(N3CCN(C)CC3)c2c1C. The van der Waals surface area contributed by atoms with E-state index in [1.165, 1.54) is 24.2 Å². The lowest BCUT2D eigenvalue weighted by Gasteiger charge is -2.33. The van der Waals surface area contributed by atoms with Crippen LogP contribution in [0.1, 0.15) is 35.0 Å². The number of piperazine rings is 1. The predicted molar refractivity (Wildman–Crippen MR) is 114 cm³/mol. The number of aromatic nitrogens is 2. The van der Waals surface area contributed by atoms with Crippen LogP contribution in [0, 0.1) is 6.92 Å². The lowest BCUT2D eigenvalue weighted by molar-refractivity contribution is 0.0945. The Bertz CT molecular complexity index is 845. The van der Waals surface area contributed by atoms with Gasteiger partial charge in [-0.2, -0.15) is 0 Å². The first-order valence-corrected chi connectivity index (χ1v) is 11.1. The zero-order chi connectivity index (χ0) is 19.7. The van der Waals surface area contributed by atoms with Crippen molar-refractivity contribution < 1.29 is 4.79 Å². The van der Waals surface area contributed by atoms with Gasteiger partial charge in [0.15, 0.2) is 0 Å². The summed E-state index contributed by atoms with van der Waals surface area (Å²) >= 11 is 1.49. The predicted octanol–water partition coefficient (Wildman–Crippen LogP) is 1.97. The minimum atomic E-state index is 0.0211. The number of likely N-dealkylation sites (N-methyl/N-ethyl adjacent to an activating group) is 2. The van der Waals surface area contributed by atoms with Gasteiger partial charge in [-0.25, -0.2) is 9.97 Å². The highest BCUT2D eigenvalue weighted by atomic mass is 32.1. The topological polar surface area (TPSA) is 64.6 Å². The number of thiophene rings is 1. The Balaban J connectivity index is 1.54. The van der Waals surface area contributed by atoms with E-state index in [1.807, 2.05) is 6.92 Å². The second kappa shape index (κ2) is 8.31. The molecule has 28 heavy (non-hydrogen) atoms. The zero-order valence-corrected chi connectivity index (χ0v) is 17.9. The second-order valence-corrected chi connectivity index (χ2v) is 8.86. The van der Waals surface area contributed by atoms with E-state index in [0.717, 1.165) is 72.3 Å². The molecule has 4 rings (SSSR count). The minimum Gasteiger partial charge on any atom is -0.353 e. The van der Waals surface area contributed by atoms with Gasteiger partial charge in [0.2, 0.25) is 0 Å². The van der Waals surface area contributed by atoms with E-state index < -0.39 is 0 Å². The van der Waals surface area contributed by atoms with Crippen LogP contribution in [0.15, 0.2) is 6.33 Å². The fraction of sp³-hybridized carbons (Fsp3) is 0.650. The van der Waals surface area contributed by atoms with E-state index >= 15 is 0 Å². The molecular weight excluding hydrogens is 372 g/mol. The van der Waals surface area contributed by atoms with Gasteiger partial charge in [-0.1, -0.05) is 6.92 Å². The molecule has 1 atom stereocenters. The lowest BCUT2D eigenvalue weighted by Crippen LogP contribution is -2.44. The molecule has 2 aromatic heterocycles. The van der Waals surface area contributed by atoms with Crippen molar-refractivity contribution in [2.75, 3.05) is 57.8 Å². The van der Waals surface area contributed by atoms with Crippen molar-refractivity contribution in [1.82, 2.24) is 25.1 Å². The largest absolute Gasteiger partial charge is 0.353 e. The van der Waals surface area contributed by atoms with Crippen molar-refractivity contribution in [1.29, 1.82) is 0 Å². The summed E-state index contributed by atoms with van der Waals surface area (Å²) in [4.78, 5) is 30.8. The monoisotopic (exact) mass is 402 g/mol. The lowest BCUT2D eigenvalue weighted by atomic mass is 10.1. The molecule has 152 valence electrons. The molecule has 0 spiro atoms. The van der Waals surface area contributed by atoms with E-state index in [1.54, 1.807) is 6.33 Å². The van der Waals surface area contributed by atoms with Crippen LogP contribution in [0.4, 0.5) is 5.82 Å². The molecule has 0 saturated carbocycles. The summed E-state index contributed by atoms with van der Waals surface area (Å²) in [7, 11) is 2.15. The summed E-state index contributed by atoms with van der Waals surface area (Å²) in [5.41, 5.74) is 1.01. The van der Waals surface area contributed by atoms with Gasteiger partial charge in [0.1, 0.15) is 17.0 Å². The van der Waals surface area contributed by atoms with Gasteiger partial charge in [0.05, 0.1) is 10.3 Å². The number of fused-ring (bicyclic) bond motifs is 1. The van der Waals surface area contributed by atoms with Crippen LogP contribution in [0.25, 0.3) is 10.2 Å². The van der Waals surface area contributed by atoms with Crippen LogP contribution in [0.3, 0.4) is 0 Å². The Hall–Kier alpha value is -1.77. The van der Waals surface area contributed by atoms with E-state index in [9.17, 15) is 4.79 Å². The quantitative estimate of drug-likeness (QED) is 0.825. The molecule has 4 heterocycles. The fourth-order valence-corrected chi connectivity index (χ4v) is 5.42. The maximum absolute atomic E-state index is 12.9. The molecule has 7 nitrogen and oxygen atoms in total. The third-order valence-electron chi connectivity index (χ3n) is 6.12. The average Bonchev–Trinajstić information content (AvgIpc) is 3.31. The minimum absolute atomic E-state index is 0.0211. The Morgan fingerprint density at radius 1 is 1.25 bits per heavy atom. The van der Waals surface area contributed by atoms with E-state index in [-0.39, 0.29) is 5.91 Å². The molecule has 2 aliphatic rings. The summed E-state index contributed by atoms with van der Waals surface area (Å²) in [6, 6.07) is 0.462. The molecule has 0 bridgehead atoms. The molecule has 8 heteroatoms. The third-order valence-corrected chi connectivity index (χ3v) is 7.32. The first-order valence-electron chi connectivity index (χ1n) is 10.3. The summed E-state index contributed by atoms with van der Waals surface area (Å²) in [6.45, 7) is 11.1. The molecule has 0 radical (unpaired) electrons. The van der Waals surface area contributed by atoms with Gasteiger partial charge in [0.25, 0.3) is 5.91 Å². The van der Waals surface area contributed by atoms with Crippen LogP contribution in [0.2, 0.25) is 0 Å². The molecule has 2 aromatic rings. The smallest absolute Gasteiger partial charge is 0.261 e. The number of anilines is 1. The summed E-state index contributed by atoms with van der Waals surface area (Å²) in [6.07, 6.45) is 4.02. The molecule has 1 unspecified atom stereocenters. The van der Waals surface area contributed by atoms with Crippen molar-refractivity contribution >= 4 is 33.3 Å². The molecule has 0 aromatic carbocycles. The zero-order valence-electron chi connectivity index (χ0n) is 17.1. The first-order chi connectivity index (χ1) is 13.6.